The molecule has 2 heterocycles. The minimum absolute atomic E-state index is 0.0703. The summed E-state index contributed by atoms with van der Waals surface area (Å²) in [4.78, 5) is 15.7. The number of carbonyl (C=O) groups is 1. The van der Waals surface area contributed by atoms with Crippen LogP contribution in [0.2, 0.25) is 5.02 Å². The van der Waals surface area contributed by atoms with Crippen LogP contribution in [0, 0.1) is 23.0 Å². The van der Waals surface area contributed by atoms with Gasteiger partial charge in [0.2, 0.25) is 0 Å². The van der Waals surface area contributed by atoms with E-state index in [1.54, 1.807) is 0 Å². The highest BCUT2D eigenvalue weighted by Gasteiger charge is 2.52. The number of hydrogen-bond acceptors (Lipinski definition) is 9. The van der Waals surface area contributed by atoms with Crippen LogP contribution in [-0.2, 0) is 14.3 Å². The van der Waals surface area contributed by atoms with E-state index in [9.17, 15) is 34.2 Å². The van der Waals surface area contributed by atoms with Crippen molar-refractivity contribution in [3.63, 3.8) is 0 Å². The fourth-order valence-corrected chi connectivity index (χ4v) is 6.19. The third-order valence-corrected chi connectivity index (χ3v) is 8.76. The van der Waals surface area contributed by atoms with E-state index in [4.69, 9.17) is 21.1 Å². The number of carbonyl (C=O) groups excluding carboxylic acids is 1. The Kier molecular flexibility index (Phi) is 9.43. The third kappa shape index (κ3) is 6.03. The Morgan fingerprint density at radius 1 is 1.26 bits per heavy atom. The average molecular weight is 683 g/mol. The molecule has 3 aromatic rings. The highest BCUT2D eigenvalue weighted by Crippen LogP contribution is 2.37. The number of nitriles is 1. The van der Waals surface area contributed by atoms with E-state index in [1.807, 2.05) is 6.07 Å². The summed E-state index contributed by atoms with van der Waals surface area (Å²) in [6.07, 6.45) is -3.39. The predicted molar refractivity (Wildman–Crippen MR) is 152 cm³/mol. The van der Waals surface area contributed by atoms with Gasteiger partial charge in [0.15, 0.2) is 6.10 Å². The molecule has 0 unspecified atom stereocenters. The number of ether oxygens (including phenoxy) is 2. The normalized spacial score (nSPS) is 27.2. The maximum absolute atomic E-state index is 14.4. The maximum atomic E-state index is 14.4. The highest BCUT2D eigenvalue weighted by atomic mass is 79.9. The molecule has 2 fully saturated rings. The van der Waals surface area contributed by atoms with Crippen molar-refractivity contribution in [2.45, 2.75) is 61.9 Å². The fraction of sp³-hybridized carbons (Fsp3) is 0.429. The van der Waals surface area contributed by atoms with Crippen molar-refractivity contribution >= 4 is 39.1 Å². The Morgan fingerprint density at radius 3 is 2.58 bits per heavy atom. The van der Waals surface area contributed by atoms with Crippen LogP contribution in [-0.4, -0.2) is 86.5 Å². The molecule has 1 aromatic heterocycles. The number of amides is 1. The maximum Gasteiger partial charge on any atom is 0.259 e. The average Bonchev–Trinajstić information content (AvgIpc) is 3.64. The van der Waals surface area contributed by atoms with Crippen LogP contribution in [0.25, 0.3) is 11.3 Å². The number of hydrogen-bond donors (Lipinski definition) is 3. The van der Waals surface area contributed by atoms with E-state index in [2.05, 4.69) is 26.2 Å². The van der Waals surface area contributed by atoms with Gasteiger partial charge >= 0.3 is 0 Å². The molecule has 7 atom stereocenters. The Bertz CT molecular complexity index is 1530. The van der Waals surface area contributed by atoms with Crippen molar-refractivity contribution in [3.05, 3.63) is 63.2 Å². The summed E-state index contributed by atoms with van der Waals surface area (Å²) in [6.45, 7) is -0.676. The monoisotopic (exact) mass is 681 g/mol. The van der Waals surface area contributed by atoms with Gasteiger partial charge in [-0.3, -0.25) is 4.79 Å². The summed E-state index contributed by atoms with van der Waals surface area (Å²) in [6, 6.07) is 6.69. The number of aromatic nitrogens is 3. The molecule has 3 N–H and O–H groups in total. The molecule has 2 aromatic carbocycles. The molecule has 1 aliphatic carbocycles. The van der Waals surface area contributed by atoms with E-state index in [0.29, 0.717) is 19.3 Å². The summed E-state index contributed by atoms with van der Waals surface area (Å²) in [5.41, 5.74) is 0.588. The molecule has 0 spiro atoms. The lowest BCUT2D eigenvalue weighted by molar-refractivity contribution is -0.211. The van der Waals surface area contributed by atoms with Crippen molar-refractivity contribution in [2.75, 3.05) is 18.6 Å². The van der Waals surface area contributed by atoms with Crippen LogP contribution in [0.4, 0.5) is 14.5 Å². The topological polar surface area (TPSA) is 154 Å². The standard InChI is InChI=1S/C28H27BrClF2N5O6/c1-42-26-24(36-11-19(34-35-36)14-7-17(31)23(29)18(32)8-14)25(40)22(12-38)43-27(26)28(41)37(20-3-2-4-21(20)39)16-6-13(10-33)5-15(30)9-16/h5-9,11,20-22,24-27,38-40H,2-4,12H2,1H3/t20-,21-,22-,24+,25+,26-,27-/m1/s1. The van der Waals surface area contributed by atoms with Gasteiger partial charge in [-0.25, -0.2) is 13.5 Å². The van der Waals surface area contributed by atoms with Gasteiger partial charge in [0.1, 0.15) is 41.7 Å². The molecule has 5 rings (SSSR count). The first-order chi connectivity index (χ1) is 20.6. The number of nitrogens with zero attached hydrogens (tertiary/aromatic N) is 5. The van der Waals surface area contributed by atoms with Gasteiger partial charge in [-0.05, 0) is 65.5 Å². The van der Waals surface area contributed by atoms with Gasteiger partial charge in [0, 0.05) is 23.4 Å². The first-order valence-corrected chi connectivity index (χ1v) is 14.5. The Labute approximate surface area is 258 Å². The lowest BCUT2D eigenvalue weighted by Gasteiger charge is -2.45. The van der Waals surface area contributed by atoms with Crippen LogP contribution in [0.15, 0.2) is 41.0 Å². The fourth-order valence-electron chi connectivity index (χ4n) is 5.74. The zero-order valence-electron chi connectivity index (χ0n) is 22.6. The largest absolute Gasteiger partial charge is 0.394 e. The number of methoxy groups -OCH3 is 1. The van der Waals surface area contributed by atoms with Gasteiger partial charge < -0.3 is 29.7 Å². The zero-order valence-corrected chi connectivity index (χ0v) is 25.0. The van der Waals surface area contributed by atoms with E-state index in [0.717, 1.165) is 12.1 Å². The number of benzene rings is 2. The third-order valence-electron chi connectivity index (χ3n) is 7.78. The molecule has 1 amide bonds. The van der Waals surface area contributed by atoms with Gasteiger partial charge in [-0.2, -0.15) is 5.26 Å². The molecule has 43 heavy (non-hydrogen) atoms. The number of halogens is 4. The summed E-state index contributed by atoms with van der Waals surface area (Å²) in [5.74, 6) is -2.38. The van der Waals surface area contributed by atoms with E-state index < -0.39 is 66.8 Å². The highest BCUT2D eigenvalue weighted by molar-refractivity contribution is 9.10. The molecule has 1 aliphatic heterocycles. The van der Waals surface area contributed by atoms with Gasteiger partial charge in [0.25, 0.3) is 5.91 Å². The number of anilines is 1. The summed E-state index contributed by atoms with van der Waals surface area (Å²) < 4.78 is 40.9. The number of aliphatic hydroxyl groups excluding tert-OH is 3. The molecule has 1 saturated heterocycles. The molecule has 0 radical (unpaired) electrons. The van der Waals surface area contributed by atoms with Crippen LogP contribution in [0.5, 0.6) is 0 Å². The first kappa shape index (κ1) is 31.4. The van der Waals surface area contributed by atoms with E-state index in [1.165, 1.54) is 41.1 Å². The van der Waals surface area contributed by atoms with Gasteiger partial charge in [0.05, 0.1) is 41.1 Å². The molecule has 15 heteroatoms. The predicted octanol–water partition coefficient (Wildman–Crippen LogP) is 3.13. The van der Waals surface area contributed by atoms with Crippen molar-refractivity contribution in [3.8, 4) is 17.3 Å². The minimum atomic E-state index is -1.45. The number of rotatable bonds is 7. The molecule has 0 bridgehead atoms. The second-order valence-electron chi connectivity index (χ2n) is 10.4. The lowest BCUT2D eigenvalue weighted by Crippen LogP contribution is -2.62. The molecule has 228 valence electrons. The summed E-state index contributed by atoms with van der Waals surface area (Å²) in [7, 11) is 1.30. The van der Waals surface area contributed by atoms with Crippen LogP contribution < -0.4 is 4.90 Å². The molecule has 2 aliphatic rings. The Balaban J connectivity index is 1.55. The van der Waals surface area contributed by atoms with E-state index in [-0.39, 0.29) is 32.0 Å². The van der Waals surface area contributed by atoms with Crippen molar-refractivity contribution in [2.24, 2.45) is 0 Å². The van der Waals surface area contributed by atoms with Crippen LogP contribution in [0.1, 0.15) is 30.9 Å². The van der Waals surface area contributed by atoms with Gasteiger partial charge in [-0.15, -0.1) is 5.10 Å². The quantitative estimate of drug-likeness (QED) is 0.319. The smallest absolute Gasteiger partial charge is 0.259 e. The summed E-state index contributed by atoms with van der Waals surface area (Å²) >= 11 is 9.10. The molecule has 1 saturated carbocycles. The second kappa shape index (κ2) is 12.9. The second-order valence-corrected chi connectivity index (χ2v) is 11.6. The Morgan fingerprint density at radius 2 is 1.98 bits per heavy atom. The van der Waals surface area contributed by atoms with Crippen molar-refractivity contribution < 1.29 is 38.4 Å². The zero-order chi connectivity index (χ0) is 31.0. The minimum Gasteiger partial charge on any atom is -0.394 e. The SMILES string of the molecule is CO[C@@H]1[C@@H](n2cc(-c3cc(F)c(Br)c(F)c3)nn2)[C@@H](O)[C@@H](CO)O[C@H]1C(=O)N(c1cc(Cl)cc(C#N)c1)[C@@H]1CCC[C@H]1O. The first-order valence-electron chi connectivity index (χ1n) is 13.3. The molecular weight excluding hydrogens is 656 g/mol. The van der Waals surface area contributed by atoms with Crippen LogP contribution >= 0.6 is 27.5 Å². The van der Waals surface area contributed by atoms with Crippen molar-refractivity contribution in [1.82, 2.24) is 15.0 Å². The van der Waals surface area contributed by atoms with Gasteiger partial charge in [-0.1, -0.05) is 16.8 Å². The number of aliphatic hydroxyl groups is 3. The lowest BCUT2D eigenvalue weighted by atomic mass is 9.91. The molecule has 11 nitrogen and oxygen atoms in total. The molecular formula is C28H27BrClF2N5O6. The van der Waals surface area contributed by atoms with E-state index >= 15 is 0 Å². The summed E-state index contributed by atoms with van der Waals surface area (Å²) in [5, 5.41) is 49.9. The Hall–Kier alpha value is -3.03. The van der Waals surface area contributed by atoms with Crippen molar-refractivity contribution in [1.29, 1.82) is 5.26 Å². The van der Waals surface area contributed by atoms with Crippen LogP contribution in [0.3, 0.4) is 0 Å².